The van der Waals surface area contributed by atoms with E-state index in [0.717, 1.165) is 12.8 Å². The molecule has 2 aliphatic rings. The average molecular weight is 196 g/mol. The van der Waals surface area contributed by atoms with Crippen molar-refractivity contribution in [1.29, 1.82) is 0 Å². The first-order chi connectivity index (χ1) is 6.59. The van der Waals surface area contributed by atoms with Gasteiger partial charge >= 0.3 is 0 Å². The van der Waals surface area contributed by atoms with Gasteiger partial charge in [0.05, 0.1) is 6.54 Å². The first kappa shape index (κ1) is 9.49. The van der Waals surface area contributed by atoms with Crippen LogP contribution in [0.25, 0.3) is 0 Å². The Bertz CT molecular complexity index is 255. The summed E-state index contributed by atoms with van der Waals surface area (Å²) in [6, 6.07) is -0.117. The predicted molar refractivity (Wildman–Crippen MR) is 51.5 cm³/mol. The van der Waals surface area contributed by atoms with Crippen LogP contribution in [0.5, 0.6) is 0 Å². The zero-order valence-corrected chi connectivity index (χ0v) is 8.62. The van der Waals surface area contributed by atoms with E-state index in [1.54, 1.807) is 4.90 Å². The van der Waals surface area contributed by atoms with E-state index in [2.05, 4.69) is 5.32 Å². The van der Waals surface area contributed by atoms with Crippen LogP contribution < -0.4 is 5.32 Å². The zero-order chi connectivity index (χ0) is 10.3. The number of hydrogen-bond acceptors (Lipinski definition) is 2. The third-order valence-electron chi connectivity index (χ3n) is 2.90. The molecule has 4 nitrogen and oxygen atoms in total. The van der Waals surface area contributed by atoms with Crippen molar-refractivity contribution in [2.45, 2.75) is 38.8 Å². The van der Waals surface area contributed by atoms with Crippen LogP contribution in [0.4, 0.5) is 0 Å². The van der Waals surface area contributed by atoms with Crippen LogP contribution in [0, 0.1) is 5.92 Å². The summed E-state index contributed by atoms with van der Waals surface area (Å²) in [4.78, 5) is 24.9. The Morgan fingerprint density at radius 1 is 1.36 bits per heavy atom. The Morgan fingerprint density at radius 2 is 2.00 bits per heavy atom. The molecule has 1 aliphatic carbocycles. The summed E-state index contributed by atoms with van der Waals surface area (Å²) < 4.78 is 0. The molecule has 1 heterocycles. The maximum Gasteiger partial charge on any atom is 0.246 e. The van der Waals surface area contributed by atoms with E-state index in [4.69, 9.17) is 0 Å². The summed E-state index contributed by atoms with van der Waals surface area (Å²) in [6.07, 6.45) is 2.14. The summed E-state index contributed by atoms with van der Waals surface area (Å²) >= 11 is 0. The van der Waals surface area contributed by atoms with Crippen molar-refractivity contribution in [3.05, 3.63) is 0 Å². The van der Waals surface area contributed by atoms with Crippen molar-refractivity contribution in [2.75, 3.05) is 6.54 Å². The highest BCUT2D eigenvalue weighted by Crippen LogP contribution is 2.34. The molecule has 2 rings (SSSR count). The summed E-state index contributed by atoms with van der Waals surface area (Å²) in [6.45, 7) is 4.11. The highest BCUT2D eigenvalue weighted by molar-refractivity contribution is 5.95. The van der Waals surface area contributed by atoms with Gasteiger partial charge in [-0.1, -0.05) is 0 Å². The zero-order valence-electron chi connectivity index (χ0n) is 8.62. The lowest BCUT2D eigenvalue weighted by atomic mass is 10.1. The second-order valence-corrected chi connectivity index (χ2v) is 4.44. The maximum absolute atomic E-state index is 11.9. The highest BCUT2D eigenvalue weighted by Gasteiger charge is 2.43. The Hall–Kier alpha value is -1.06. The molecule has 1 unspecified atom stereocenters. The normalized spacial score (nSPS) is 28.2. The smallest absolute Gasteiger partial charge is 0.246 e. The molecule has 14 heavy (non-hydrogen) atoms. The van der Waals surface area contributed by atoms with Gasteiger partial charge < -0.3 is 10.2 Å². The Kier molecular flexibility index (Phi) is 2.21. The first-order valence-corrected chi connectivity index (χ1v) is 5.19. The van der Waals surface area contributed by atoms with E-state index in [1.807, 2.05) is 13.8 Å². The monoisotopic (exact) mass is 196 g/mol. The minimum Gasteiger partial charge on any atom is -0.342 e. The number of carbonyl (C=O) groups is 2. The Morgan fingerprint density at radius 3 is 2.50 bits per heavy atom. The van der Waals surface area contributed by atoms with Crippen molar-refractivity contribution in [3.63, 3.8) is 0 Å². The molecule has 1 saturated heterocycles. The molecule has 2 amide bonds. The van der Waals surface area contributed by atoms with Crippen molar-refractivity contribution in [2.24, 2.45) is 5.92 Å². The summed E-state index contributed by atoms with van der Waals surface area (Å²) in [5.41, 5.74) is 0. The predicted octanol–water partition coefficient (Wildman–Crippen LogP) is 0.132. The van der Waals surface area contributed by atoms with E-state index >= 15 is 0 Å². The topological polar surface area (TPSA) is 49.4 Å². The van der Waals surface area contributed by atoms with Crippen LogP contribution in [0.3, 0.4) is 0 Å². The van der Waals surface area contributed by atoms with Crippen molar-refractivity contribution < 1.29 is 9.59 Å². The van der Waals surface area contributed by atoms with Gasteiger partial charge in [-0.05, 0) is 32.6 Å². The molecule has 2 fully saturated rings. The van der Waals surface area contributed by atoms with Crippen LogP contribution in [0.1, 0.15) is 26.7 Å². The molecular formula is C10H16N2O2. The van der Waals surface area contributed by atoms with Crippen molar-refractivity contribution >= 4 is 11.8 Å². The van der Waals surface area contributed by atoms with Crippen LogP contribution in [-0.2, 0) is 9.59 Å². The standard InChI is InChI=1S/C10H16N2O2/c1-6(2)12-5-8(13)11-9(10(12)14)7-3-4-7/h6-7,9H,3-5H2,1-2H3,(H,11,13). The molecule has 1 aliphatic heterocycles. The molecule has 0 aromatic carbocycles. The molecule has 0 aromatic heterocycles. The molecule has 0 aromatic rings. The van der Waals surface area contributed by atoms with Crippen LogP contribution >= 0.6 is 0 Å². The van der Waals surface area contributed by atoms with Gasteiger partial charge in [0.2, 0.25) is 11.8 Å². The van der Waals surface area contributed by atoms with E-state index in [1.165, 1.54) is 0 Å². The molecule has 78 valence electrons. The number of hydrogen-bond donors (Lipinski definition) is 1. The first-order valence-electron chi connectivity index (χ1n) is 5.19. The highest BCUT2D eigenvalue weighted by atomic mass is 16.2. The van der Waals surface area contributed by atoms with Gasteiger partial charge in [0.25, 0.3) is 0 Å². The molecule has 0 bridgehead atoms. The van der Waals surface area contributed by atoms with E-state index in [-0.39, 0.29) is 30.4 Å². The van der Waals surface area contributed by atoms with Gasteiger partial charge in [-0.3, -0.25) is 9.59 Å². The lowest BCUT2D eigenvalue weighted by molar-refractivity contribution is -0.146. The van der Waals surface area contributed by atoms with Gasteiger partial charge in [0, 0.05) is 6.04 Å². The van der Waals surface area contributed by atoms with E-state index in [0.29, 0.717) is 5.92 Å². The quantitative estimate of drug-likeness (QED) is 0.682. The van der Waals surface area contributed by atoms with E-state index < -0.39 is 0 Å². The van der Waals surface area contributed by atoms with Crippen molar-refractivity contribution in [1.82, 2.24) is 10.2 Å². The molecule has 1 atom stereocenters. The summed E-state index contributed by atoms with van der Waals surface area (Å²) in [5, 5.41) is 2.78. The largest absolute Gasteiger partial charge is 0.342 e. The lowest BCUT2D eigenvalue weighted by Gasteiger charge is -2.35. The number of piperazine rings is 1. The van der Waals surface area contributed by atoms with Gasteiger partial charge in [0.15, 0.2) is 0 Å². The van der Waals surface area contributed by atoms with Gasteiger partial charge in [-0.2, -0.15) is 0 Å². The van der Waals surface area contributed by atoms with Crippen LogP contribution in [-0.4, -0.2) is 35.3 Å². The third kappa shape index (κ3) is 1.61. The number of nitrogens with one attached hydrogen (secondary N) is 1. The van der Waals surface area contributed by atoms with E-state index in [9.17, 15) is 9.59 Å². The molecular weight excluding hydrogens is 180 g/mol. The second kappa shape index (κ2) is 3.26. The van der Waals surface area contributed by atoms with Gasteiger partial charge in [-0.25, -0.2) is 0 Å². The molecule has 4 heteroatoms. The molecule has 0 radical (unpaired) electrons. The van der Waals surface area contributed by atoms with Gasteiger partial charge in [0.1, 0.15) is 6.04 Å². The minimum absolute atomic E-state index is 0.0183. The number of amides is 2. The fourth-order valence-corrected chi connectivity index (χ4v) is 1.88. The summed E-state index contributed by atoms with van der Waals surface area (Å²) in [7, 11) is 0. The van der Waals surface area contributed by atoms with Crippen molar-refractivity contribution in [3.8, 4) is 0 Å². The maximum atomic E-state index is 11.9. The summed E-state index contributed by atoms with van der Waals surface area (Å²) in [5.74, 6) is 0.477. The second-order valence-electron chi connectivity index (χ2n) is 4.44. The number of carbonyl (C=O) groups excluding carboxylic acids is 2. The van der Waals surface area contributed by atoms with Gasteiger partial charge in [-0.15, -0.1) is 0 Å². The Balaban J connectivity index is 2.11. The lowest BCUT2D eigenvalue weighted by Crippen LogP contribution is -2.60. The minimum atomic E-state index is -0.237. The average Bonchev–Trinajstić information content (AvgIpc) is 2.91. The number of nitrogens with zero attached hydrogens (tertiary/aromatic N) is 1. The Labute approximate surface area is 83.6 Å². The molecule has 1 N–H and O–H groups in total. The van der Waals surface area contributed by atoms with Crippen LogP contribution in [0.2, 0.25) is 0 Å². The number of rotatable bonds is 2. The van der Waals surface area contributed by atoms with Crippen LogP contribution in [0.15, 0.2) is 0 Å². The third-order valence-corrected chi connectivity index (χ3v) is 2.90. The molecule has 0 spiro atoms. The SMILES string of the molecule is CC(C)N1CC(=O)NC(C2CC2)C1=O. The fourth-order valence-electron chi connectivity index (χ4n) is 1.88. The fraction of sp³-hybridized carbons (Fsp3) is 0.800. The molecule has 1 saturated carbocycles.